The van der Waals surface area contributed by atoms with Crippen LogP contribution in [0.15, 0.2) is 30.3 Å². The van der Waals surface area contributed by atoms with Gasteiger partial charge in [-0.15, -0.1) is 0 Å². The summed E-state index contributed by atoms with van der Waals surface area (Å²) in [5.41, 5.74) is 0.857. The average molecular weight is 312 g/mol. The molecule has 22 heavy (non-hydrogen) atoms. The Bertz CT molecular complexity index is 485. The highest BCUT2D eigenvalue weighted by Crippen LogP contribution is 2.24. The van der Waals surface area contributed by atoms with E-state index in [9.17, 15) is 15.3 Å². The normalized spacial score (nSPS) is 32.3. The van der Waals surface area contributed by atoms with Gasteiger partial charge >= 0.3 is 0 Å². The fourth-order valence-corrected chi connectivity index (χ4v) is 2.15. The monoisotopic (exact) mass is 312 g/mol. The smallest absolute Gasteiger partial charge is 0.229 e. The highest BCUT2D eigenvalue weighted by molar-refractivity contribution is 5.50. The summed E-state index contributed by atoms with van der Waals surface area (Å²) in [6.45, 7) is -0.557. The molecular weight excluding hydrogens is 292 g/mol. The van der Waals surface area contributed by atoms with Crippen molar-refractivity contribution >= 4 is 6.08 Å². The van der Waals surface area contributed by atoms with Gasteiger partial charge in [0.1, 0.15) is 30.2 Å². The first-order chi connectivity index (χ1) is 10.6. The predicted molar refractivity (Wildman–Crippen MR) is 77.0 cm³/mol. The summed E-state index contributed by atoms with van der Waals surface area (Å²) in [4.78, 5) is 0. The molecule has 0 bridgehead atoms. The van der Waals surface area contributed by atoms with Crippen LogP contribution in [0.2, 0.25) is 0 Å². The van der Waals surface area contributed by atoms with Crippen LogP contribution in [0, 0.1) is 0 Å². The maximum atomic E-state index is 9.87. The van der Waals surface area contributed by atoms with Gasteiger partial charge in [0, 0.05) is 0 Å². The number of ether oxygens (including phenoxy) is 2. The molecule has 0 radical (unpaired) electrons. The van der Waals surface area contributed by atoms with Crippen molar-refractivity contribution in [2.24, 2.45) is 0 Å². The van der Waals surface area contributed by atoms with Crippen molar-refractivity contribution in [3.05, 3.63) is 35.9 Å². The van der Waals surface area contributed by atoms with Gasteiger partial charge in [-0.25, -0.2) is 0 Å². The lowest BCUT2D eigenvalue weighted by molar-refractivity contribution is -0.277. The number of rotatable bonds is 5. The molecule has 1 aromatic rings. The van der Waals surface area contributed by atoms with Crippen molar-refractivity contribution in [3.8, 4) is 5.75 Å². The first-order valence-electron chi connectivity index (χ1n) is 6.91. The minimum absolute atomic E-state index is 0.0525. The molecular formula is C15H20O7. The Morgan fingerprint density at radius 1 is 1.00 bits per heavy atom. The zero-order valence-corrected chi connectivity index (χ0v) is 11.8. The third-order valence-corrected chi connectivity index (χ3v) is 3.40. The number of aliphatic hydroxyl groups excluding tert-OH is 5. The van der Waals surface area contributed by atoms with Crippen LogP contribution in [0.4, 0.5) is 0 Å². The summed E-state index contributed by atoms with van der Waals surface area (Å²) < 4.78 is 10.7. The summed E-state index contributed by atoms with van der Waals surface area (Å²) in [6.07, 6.45) is -3.20. The molecule has 7 heteroatoms. The third kappa shape index (κ3) is 3.83. The molecule has 0 spiro atoms. The van der Waals surface area contributed by atoms with E-state index in [1.807, 2.05) is 0 Å². The molecule has 122 valence electrons. The summed E-state index contributed by atoms with van der Waals surface area (Å²) in [7, 11) is 0. The van der Waals surface area contributed by atoms with E-state index in [1.54, 1.807) is 36.4 Å². The van der Waals surface area contributed by atoms with Crippen LogP contribution in [-0.2, 0) is 4.74 Å². The molecule has 7 nitrogen and oxygen atoms in total. The van der Waals surface area contributed by atoms with Gasteiger partial charge in [0.2, 0.25) is 6.29 Å². The standard InChI is InChI=1S/C15H20O7/c16-7-1-2-9-3-5-10(6-4-9)21-15-14(20)13(19)12(18)11(8-17)22-15/h1-6,11-20H,7-8H2/t11-,12-,13+,14-,15-/m1/s1. The number of hydrogen-bond donors (Lipinski definition) is 5. The molecule has 0 saturated carbocycles. The van der Waals surface area contributed by atoms with Crippen LogP contribution in [0.5, 0.6) is 5.75 Å². The van der Waals surface area contributed by atoms with Gasteiger partial charge < -0.3 is 35.0 Å². The SMILES string of the molecule is OCC=Cc1ccc(O[C@@H]2O[C@H](CO)[C@@H](O)[C@H](O)[C@H]2O)cc1. The minimum Gasteiger partial charge on any atom is -0.462 e. The zero-order chi connectivity index (χ0) is 16.1. The summed E-state index contributed by atoms with van der Waals surface area (Å²) >= 11 is 0. The first kappa shape index (κ1) is 16.9. The molecule has 0 aromatic heterocycles. The molecule has 0 amide bonds. The van der Waals surface area contributed by atoms with E-state index in [0.29, 0.717) is 5.75 Å². The average Bonchev–Trinajstić information content (AvgIpc) is 2.54. The van der Waals surface area contributed by atoms with E-state index >= 15 is 0 Å². The highest BCUT2D eigenvalue weighted by atomic mass is 16.7. The fraction of sp³-hybridized carbons (Fsp3) is 0.467. The second kappa shape index (κ2) is 7.68. The quantitative estimate of drug-likeness (QED) is 0.467. The van der Waals surface area contributed by atoms with Crippen molar-refractivity contribution < 1.29 is 35.0 Å². The lowest BCUT2D eigenvalue weighted by atomic mass is 9.99. The van der Waals surface area contributed by atoms with Crippen molar-refractivity contribution in [2.75, 3.05) is 13.2 Å². The Balaban J connectivity index is 2.04. The Kier molecular flexibility index (Phi) is 5.90. The molecule has 0 unspecified atom stereocenters. The number of benzene rings is 1. The topological polar surface area (TPSA) is 120 Å². The van der Waals surface area contributed by atoms with Gasteiger partial charge in [-0.1, -0.05) is 24.3 Å². The van der Waals surface area contributed by atoms with Crippen LogP contribution < -0.4 is 4.74 Å². The largest absolute Gasteiger partial charge is 0.462 e. The number of hydrogen-bond acceptors (Lipinski definition) is 7. The first-order valence-corrected chi connectivity index (χ1v) is 6.91. The van der Waals surface area contributed by atoms with Crippen LogP contribution >= 0.6 is 0 Å². The van der Waals surface area contributed by atoms with Gasteiger partial charge in [-0.2, -0.15) is 0 Å². The molecule has 5 atom stereocenters. The molecule has 1 aromatic carbocycles. The Morgan fingerprint density at radius 2 is 1.68 bits per heavy atom. The lowest BCUT2D eigenvalue weighted by Gasteiger charge is -2.39. The summed E-state index contributed by atoms with van der Waals surface area (Å²) in [5.74, 6) is 0.394. The van der Waals surface area contributed by atoms with Gasteiger partial charge in [0.15, 0.2) is 0 Å². The van der Waals surface area contributed by atoms with Crippen molar-refractivity contribution in [1.82, 2.24) is 0 Å². The van der Waals surface area contributed by atoms with Crippen molar-refractivity contribution in [3.63, 3.8) is 0 Å². The summed E-state index contributed by atoms with van der Waals surface area (Å²) in [5, 5.41) is 47.0. The van der Waals surface area contributed by atoms with Crippen LogP contribution in [0.25, 0.3) is 6.08 Å². The van der Waals surface area contributed by atoms with E-state index in [4.69, 9.17) is 19.7 Å². The highest BCUT2D eigenvalue weighted by Gasteiger charge is 2.44. The molecule has 2 rings (SSSR count). The van der Waals surface area contributed by atoms with Crippen LogP contribution in [-0.4, -0.2) is 69.5 Å². The van der Waals surface area contributed by atoms with Gasteiger partial charge in [-0.3, -0.25) is 0 Å². The zero-order valence-electron chi connectivity index (χ0n) is 11.8. The van der Waals surface area contributed by atoms with E-state index in [1.165, 1.54) is 0 Å². The van der Waals surface area contributed by atoms with Crippen molar-refractivity contribution in [2.45, 2.75) is 30.7 Å². The Morgan fingerprint density at radius 3 is 2.27 bits per heavy atom. The lowest BCUT2D eigenvalue weighted by Crippen LogP contribution is -2.60. The second-order valence-corrected chi connectivity index (χ2v) is 4.97. The van der Waals surface area contributed by atoms with Gasteiger partial charge in [0.25, 0.3) is 0 Å². The maximum Gasteiger partial charge on any atom is 0.229 e. The molecule has 1 aliphatic rings. The minimum atomic E-state index is -1.47. The molecule has 1 fully saturated rings. The molecule has 1 heterocycles. The van der Waals surface area contributed by atoms with Gasteiger partial charge in [0.05, 0.1) is 13.2 Å². The van der Waals surface area contributed by atoms with Crippen LogP contribution in [0.3, 0.4) is 0 Å². The molecule has 0 aliphatic carbocycles. The van der Waals surface area contributed by atoms with Crippen molar-refractivity contribution in [1.29, 1.82) is 0 Å². The third-order valence-electron chi connectivity index (χ3n) is 3.40. The van der Waals surface area contributed by atoms with E-state index in [2.05, 4.69) is 0 Å². The van der Waals surface area contributed by atoms with E-state index in [-0.39, 0.29) is 6.61 Å². The maximum absolute atomic E-state index is 9.87. The molecule has 1 saturated heterocycles. The van der Waals surface area contributed by atoms with E-state index in [0.717, 1.165) is 5.56 Å². The predicted octanol–water partition coefficient (Wildman–Crippen LogP) is -1.13. The van der Waals surface area contributed by atoms with Crippen LogP contribution in [0.1, 0.15) is 5.56 Å². The summed E-state index contributed by atoms with van der Waals surface area (Å²) in [6, 6.07) is 6.76. The molecule has 5 N–H and O–H groups in total. The Hall–Kier alpha value is -1.48. The molecule has 1 aliphatic heterocycles. The number of aliphatic hydroxyl groups is 5. The second-order valence-electron chi connectivity index (χ2n) is 4.97. The van der Waals surface area contributed by atoms with E-state index < -0.39 is 37.3 Å². The fourth-order valence-electron chi connectivity index (χ4n) is 2.15. The Labute approximate surface area is 127 Å². The van der Waals surface area contributed by atoms with Gasteiger partial charge in [-0.05, 0) is 17.7 Å².